The van der Waals surface area contributed by atoms with Gasteiger partial charge in [0.1, 0.15) is 0 Å². The van der Waals surface area contributed by atoms with Gasteiger partial charge in [0, 0.05) is 22.9 Å². The van der Waals surface area contributed by atoms with Crippen LogP contribution in [0.2, 0.25) is 5.02 Å². The highest BCUT2D eigenvalue weighted by molar-refractivity contribution is 7.15. The van der Waals surface area contributed by atoms with Crippen molar-refractivity contribution in [2.75, 3.05) is 11.9 Å². The van der Waals surface area contributed by atoms with Gasteiger partial charge >= 0.3 is 0 Å². The first kappa shape index (κ1) is 19.1. The van der Waals surface area contributed by atoms with E-state index >= 15 is 0 Å². The minimum absolute atomic E-state index is 0. The first-order valence-corrected chi connectivity index (χ1v) is 8.64. The third kappa shape index (κ3) is 4.46. The van der Waals surface area contributed by atoms with Gasteiger partial charge in [0.25, 0.3) is 0 Å². The number of carbonyl (C=O) groups is 1. The Morgan fingerprint density at radius 1 is 1.50 bits per heavy atom. The van der Waals surface area contributed by atoms with E-state index in [1.807, 2.05) is 31.2 Å². The summed E-state index contributed by atoms with van der Waals surface area (Å²) < 4.78 is 0. The van der Waals surface area contributed by atoms with Crippen LogP contribution in [-0.4, -0.2) is 34.7 Å². The molecule has 1 aliphatic heterocycles. The maximum Gasteiger partial charge on any atom is 0.243 e. The van der Waals surface area contributed by atoms with Gasteiger partial charge in [-0.1, -0.05) is 29.8 Å². The summed E-state index contributed by atoms with van der Waals surface area (Å²) in [6, 6.07) is 7.36. The zero-order valence-corrected chi connectivity index (χ0v) is 15.5. The number of nitrogens with one attached hydrogen (secondary N) is 2. The Labute approximate surface area is 155 Å². The summed E-state index contributed by atoms with van der Waals surface area (Å²) in [7, 11) is 0. The lowest BCUT2D eigenvalue weighted by atomic mass is 10.1. The third-order valence-corrected chi connectivity index (χ3v) is 5.30. The Kier molecular flexibility index (Phi) is 6.60. The number of rotatable bonds is 4. The summed E-state index contributed by atoms with van der Waals surface area (Å²) in [6.45, 7) is 2.38. The molecule has 1 aliphatic rings. The maximum atomic E-state index is 12.2. The molecule has 0 radical (unpaired) electrons. The van der Waals surface area contributed by atoms with E-state index in [9.17, 15) is 9.90 Å². The lowest BCUT2D eigenvalue weighted by Gasteiger charge is -2.08. The van der Waals surface area contributed by atoms with Crippen molar-refractivity contribution >= 4 is 46.4 Å². The van der Waals surface area contributed by atoms with Crippen LogP contribution >= 0.6 is 35.3 Å². The van der Waals surface area contributed by atoms with Crippen LogP contribution in [0.15, 0.2) is 24.3 Å². The van der Waals surface area contributed by atoms with Gasteiger partial charge in [-0.2, -0.15) is 0 Å². The molecule has 1 amide bonds. The van der Waals surface area contributed by atoms with Gasteiger partial charge in [0.2, 0.25) is 5.91 Å². The second kappa shape index (κ2) is 8.27. The van der Waals surface area contributed by atoms with Crippen molar-refractivity contribution in [3.8, 4) is 0 Å². The van der Waals surface area contributed by atoms with Crippen molar-refractivity contribution in [2.24, 2.45) is 0 Å². The van der Waals surface area contributed by atoms with Crippen LogP contribution < -0.4 is 10.6 Å². The molecule has 24 heavy (non-hydrogen) atoms. The monoisotopic (exact) mass is 387 g/mol. The second-order valence-corrected chi connectivity index (χ2v) is 7.13. The van der Waals surface area contributed by atoms with E-state index < -0.39 is 6.10 Å². The van der Waals surface area contributed by atoms with Crippen molar-refractivity contribution in [2.45, 2.75) is 31.9 Å². The molecule has 0 aliphatic carbocycles. The van der Waals surface area contributed by atoms with Crippen LogP contribution in [0.5, 0.6) is 0 Å². The van der Waals surface area contributed by atoms with Crippen LogP contribution in [-0.2, 0) is 11.2 Å². The number of hydrogen-bond acceptors (Lipinski definition) is 5. The van der Waals surface area contributed by atoms with Crippen molar-refractivity contribution in [1.29, 1.82) is 0 Å². The summed E-state index contributed by atoms with van der Waals surface area (Å²) in [5.74, 6) is -0.153. The number of nitrogens with zero attached hydrogens (tertiary/aromatic N) is 1. The summed E-state index contributed by atoms with van der Waals surface area (Å²) in [5.41, 5.74) is 1.93. The molecule has 1 fully saturated rings. The SMILES string of the molecule is Cc1nc(NC(=O)[C@H]2C[C@H](O)CN2)sc1Cc1ccccc1Cl.Cl. The number of β-amino-alcohol motifs (C(OH)–C–C–N with tert-alkyl or cyclic N) is 1. The highest BCUT2D eigenvalue weighted by atomic mass is 35.5. The van der Waals surface area contributed by atoms with Gasteiger partial charge < -0.3 is 15.7 Å². The highest BCUT2D eigenvalue weighted by Gasteiger charge is 2.28. The van der Waals surface area contributed by atoms with Crippen molar-refractivity contribution < 1.29 is 9.90 Å². The first-order valence-electron chi connectivity index (χ1n) is 7.45. The minimum Gasteiger partial charge on any atom is -0.392 e. The smallest absolute Gasteiger partial charge is 0.243 e. The second-order valence-electron chi connectivity index (χ2n) is 5.64. The summed E-state index contributed by atoms with van der Waals surface area (Å²) >= 11 is 7.66. The number of aromatic nitrogens is 1. The number of aryl methyl sites for hydroxylation is 1. The number of anilines is 1. The quantitative estimate of drug-likeness (QED) is 0.753. The fraction of sp³-hybridized carbons (Fsp3) is 0.375. The van der Waals surface area contributed by atoms with E-state index in [1.54, 1.807) is 0 Å². The Hall–Kier alpha value is -1.18. The molecular formula is C16H19Cl2N3O2S. The summed E-state index contributed by atoms with van der Waals surface area (Å²) in [5, 5.41) is 16.6. The topological polar surface area (TPSA) is 74.2 Å². The van der Waals surface area contributed by atoms with E-state index in [0.29, 0.717) is 24.5 Å². The van der Waals surface area contributed by atoms with E-state index in [-0.39, 0.29) is 24.4 Å². The minimum atomic E-state index is -0.459. The fourth-order valence-corrected chi connectivity index (χ4v) is 3.76. The molecule has 130 valence electrons. The van der Waals surface area contributed by atoms with Gasteiger partial charge in [0.05, 0.1) is 17.8 Å². The van der Waals surface area contributed by atoms with Gasteiger partial charge in [-0.05, 0) is 25.0 Å². The number of halogens is 2. The number of thiazole rings is 1. The number of benzene rings is 1. The largest absolute Gasteiger partial charge is 0.392 e. The van der Waals surface area contributed by atoms with Crippen molar-refractivity contribution in [3.05, 3.63) is 45.4 Å². The van der Waals surface area contributed by atoms with E-state index in [4.69, 9.17) is 11.6 Å². The number of carbonyl (C=O) groups excluding carboxylic acids is 1. The van der Waals surface area contributed by atoms with E-state index in [1.165, 1.54) is 11.3 Å². The van der Waals surface area contributed by atoms with Crippen molar-refractivity contribution in [3.63, 3.8) is 0 Å². The average molecular weight is 388 g/mol. The third-order valence-electron chi connectivity index (χ3n) is 3.86. The maximum absolute atomic E-state index is 12.2. The fourth-order valence-electron chi connectivity index (χ4n) is 2.57. The molecular weight excluding hydrogens is 369 g/mol. The summed E-state index contributed by atoms with van der Waals surface area (Å²) in [6.07, 6.45) is 0.668. The number of amides is 1. The predicted octanol–water partition coefficient (Wildman–Crippen LogP) is 2.78. The van der Waals surface area contributed by atoms with Gasteiger partial charge in [-0.3, -0.25) is 4.79 Å². The van der Waals surface area contributed by atoms with Gasteiger partial charge in [-0.15, -0.1) is 23.7 Å². The molecule has 3 rings (SSSR count). The Bertz CT molecular complexity index is 723. The molecule has 2 atom stereocenters. The number of aliphatic hydroxyl groups excluding tert-OH is 1. The van der Waals surface area contributed by atoms with Gasteiger partial charge in [0.15, 0.2) is 5.13 Å². The molecule has 1 aromatic carbocycles. The van der Waals surface area contributed by atoms with Gasteiger partial charge in [-0.25, -0.2) is 4.98 Å². The molecule has 8 heteroatoms. The van der Waals surface area contributed by atoms with E-state index in [0.717, 1.165) is 21.2 Å². The molecule has 5 nitrogen and oxygen atoms in total. The Morgan fingerprint density at radius 3 is 2.92 bits per heavy atom. The molecule has 0 spiro atoms. The molecule has 3 N–H and O–H groups in total. The number of hydrogen-bond donors (Lipinski definition) is 3. The summed E-state index contributed by atoms with van der Waals surface area (Å²) in [4.78, 5) is 17.7. The zero-order valence-electron chi connectivity index (χ0n) is 13.1. The van der Waals surface area contributed by atoms with Crippen LogP contribution in [0.4, 0.5) is 5.13 Å². The molecule has 2 heterocycles. The standard InChI is InChI=1S/C16H18ClN3O2S.ClH/c1-9-14(6-10-4-2-3-5-12(10)17)23-16(19-9)20-15(22)13-7-11(21)8-18-13;/h2-5,11,13,18,21H,6-8H2,1H3,(H,19,20,22);1H/t11-,13+;/m0./s1. The van der Waals surface area contributed by atoms with Crippen LogP contribution in [0.25, 0.3) is 0 Å². The van der Waals surface area contributed by atoms with Crippen molar-refractivity contribution in [1.82, 2.24) is 10.3 Å². The molecule has 2 aromatic rings. The zero-order chi connectivity index (χ0) is 16.4. The predicted molar refractivity (Wildman–Crippen MR) is 99.4 cm³/mol. The average Bonchev–Trinajstić information content (AvgIpc) is 3.08. The van der Waals surface area contributed by atoms with Crippen LogP contribution in [0.3, 0.4) is 0 Å². The molecule has 1 aromatic heterocycles. The number of aliphatic hydroxyl groups is 1. The normalized spacial score (nSPS) is 19.8. The Morgan fingerprint density at radius 2 is 2.25 bits per heavy atom. The molecule has 1 saturated heterocycles. The molecule has 0 unspecified atom stereocenters. The molecule has 0 bridgehead atoms. The van der Waals surface area contributed by atoms with Crippen LogP contribution in [0.1, 0.15) is 22.6 Å². The highest BCUT2D eigenvalue weighted by Crippen LogP contribution is 2.28. The first-order chi connectivity index (χ1) is 11.0. The van der Waals surface area contributed by atoms with Crippen LogP contribution in [0, 0.1) is 6.92 Å². The molecule has 0 saturated carbocycles. The van der Waals surface area contributed by atoms with E-state index in [2.05, 4.69) is 15.6 Å². The lowest BCUT2D eigenvalue weighted by molar-refractivity contribution is -0.117. The lowest BCUT2D eigenvalue weighted by Crippen LogP contribution is -2.35. The Balaban J connectivity index is 0.00000208.